The first-order valence-corrected chi connectivity index (χ1v) is 8.66. The summed E-state index contributed by atoms with van der Waals surface area (Å²) in [4.78, 5) is 18.6. The van der Waals surface area contributed by atoms with E-state index in [1.165, 1.54) is 0 Å². The fourth-order valence-electron chi connectivity index (χ4n) is 3.01. The molecule has 2 heterocycles. The van der Waals surface area contributed by atoms with Crippen LogP contribution in [0.1, 0.15) is 24.5 Å². The predicted octanol–water partition coefficient (Wildman–Crippen LogP) is 2.08. The van der Waals surface area contributed by atoms with Crippen molar-refractivity contribution in [1.82, 2.24) is 15.6 Å². The maximum absolute atomic E-state index is 12.0. The summed E-state index contributed by atoms with van der Waals surface area (Å²) in [5.74, 6) is 0.983. The van der Waals surface area contributed by atoms with Crippen LogP contribution in [0.2, 0.25) is 0 Å². The average molecular weight is 340 g/mol. The number of aliphatic hydroxyl groups excluding tert-OH is 1. The molecule has 2 amide bonds. The van der Waals surface area contributed by atoms with Crippen LogP contribution in [0.5, 0.6) is 0 Å². The Morgan fingerprint density at radius 1 is 1.16 bits per heavy atom. The maximum atomic E-state index is 12.0. The highest BCUT2D eigenvalue weighted by Crippen LogP contribution is 2.17. The molecule has 6 nitrogen and oxygen atoms in total. The number of benzene rings is 1. The van der Waals surface area contributed by atoms with Gasteiger partial charge in [0.1, 0.15) is 5.82 Å². The highest BCUT2D eigenvalue weighted by Gasteiger charge is 2.21. The number of nitrogens with zero attached hydrogens (tertiary/aromatic N) is 2. The van der Waals surface area contributed by atoms with Gasteiger partial charge in [-0.3, -0.25) is 0 Å². The molecular formula is C19H24N4O2. The molecule has 0 aliphatic carbocycles. The van der Waals surface area contributed by atoms with Gasteiger partial charge >= 0.3 is 6.03 Å². The number of nitrogens with one attached hydrogen (secondary N) is 2. The minimum atomic E-state index is -0.696. The van der Waals surface area contributed by atoms with E-state index in [9.17, 15) is 9.90 Å². The summed E-state index contributed by atoms with van der Waals surface area (Å²) in [6.07, 6.45) is 2.86. The molecule has 1 atom stereocenters. The lowest BCUT2D eigenvalue weighted by Crippen LogP contribution is -2.48. The Morgan fingerprint density at radius 3 is 2.56 bits per heavy atom. The van der Waals surface area contributed by atoms with E-state index in [2.05, 4.69) is 20.5 Å². The van der Waals surface area contributed by atoms with Crippen molar-refractivity contribution in [2.24, 2.45) is 0 Å². The van der Waals surface area contributed by atoms with Crippen molar-refractivity contribution in [3.8, 4) is 0 Å². The summed E-state index contributed by atoms with van der Waals surface area (Å²) in [5.41, 5.74) is 0.798. The third-order valence-corrected chi connectivity index (χ3v) is 4.44. The quantitative estimate of drug-likeness (QED) is 0.779. The lowest BCUT2D eigenvalue weighted by atomic mass is 10.1. The van der Waals surface area contributed by atoms with Crippen molar-refractivity contribution in [2.45, 2.75) is 25.0 Å². The fourth-order valence-corrected chi connectivity index (χ4v) is 3.01. The largest absolute Gasteiger partial charge is 0.387 e. The van der Waals surface area contributed by atoms with Crippen molar-refractivity contribution < 1.29 is 9.90 Å². The van der Waals surface area contributed by atoms with Crippen molar-refractivity contribution in [3.05, 3.63) is 60.3 Å². The number of urea groups is 1. The third kappa shape index (κ3) is 4.93. The van der Waals surface area contributed by atoms with Crippen LogP contribution in [0.4, 0.5) is 10.6 Å². The molecule has 3 rings (SSSR count). The van der Waals surface area contributed by atoms with Crippen molar-refractivity contribution in [3.63, 3.8) is 0 Å². The Labute approximate surface area is 147 Å². The number of piperidine rings is 1. The van der Waals surface area contributed by atoms with Crippen molar-refractivity contribution in [1.29, 1.82) is 0 Å². The van der Waals surface area contributed by atoms with Gasteiger partial charge in [0.05, 0.1) is 6.10 Å². The zero-order chi connectivity index (χ0) is 17.5. The van der Waals surface area contributed by atoms with Crippen LogP contribution in [0.3, 0.4) is 0 Å². The van der Waals surface area contributed by atoms with Crippen LogP contribution in [-0.2, 0) is 0 Å². The number of hydrogen-bond acceptors (Lipinski definition) is 4. The second kappa shape index (κ2) is 8.48. The zero-order valence-electron chi connectivity index (χ0n) is 14.1. The van der Waals surface area contributed by atoms with Crippen LogP contribution < -0.4 is 15.5 Å². The van der Waals surface area contributed by atoms with E-state index in [0.717, 1.165) is 37.3 Å². The second-order valence-corrected chi connectivity index (χ2v) is 6.23. The van der Waals surface area contributed by atoms with Crippen LogP contribution in [0.15, 0.2) is 54.7 Å². The first-order valence-electron chi connectivity index (χ1n) is 8.66. The fraction of sp³-hybridized carbons (Fsp3) is 0.368. The number of pyridine rings is 1. The molecule has 6 heteroatoms. The zero-order valence-corrected chi connectivity index (χ0v) is 14.1. The second-order valence-electron chi connectivity index (χ2n) is 6.23. The number of aromatic nitrogens is 1. The number of amides is 2. The monoisotopic (exact) mass is 340 g/mol. The summed E-state index contributed by atoms with van der Waals surface area (Å²) >= 11 is 0. The molecule has 1 unspecified atom stereocenters. The molecule has 132 valence electrons. The standard InChI is InChI=1S/C19H24N4O2/c24-17(15-6-2-1-3-7-15)14-21-19(25)22-16-9-12-23(13-10-16)18-8-4-5-11-20-18/h1-8,11,16-17,24H,9-10,12-14H2,(H2,21,22,25). The lowest BCUT2D eigenvalue weighted by molar-refractivity contribution is 0.172. The van der Waals surface area contributed by atoms with Gasteiger partial charge in [-0.2, -0.15) is 0 Å². The number of carbonyl (C=O) groups excluding carboxylic acids is 1. The summed E-state index contributed by atoms with van der Waals surface area (Å²) in [6.45, 7) is 1.94. The third-order valence-electron chi connectivity index (χ3n) is 4.44. The molecule has 0 radical (unpaired) electrons. The van der Waals surface area contributed by atoms with Gasteiger partial charge in [-0.25, -0.2) is 9.78 Å². The Kier molecular flexibility index (Phi) is 5.85. The smallest absolute Gasteiger partial charge is 0.315 e. The predicted molar refractivity (Wildman–Crippen MR) is 97.4 cm³/mol. The minimum Gasteiger partial charge on any atom is -0.387 e. The van der Waals surface area contributed by atoms with Gasteiger partial charge in [0.25, 0.3) is 0 Å². The van der Waals surface area contributed by atoms with Crippen LogP contribution in [0, 0.1) is 0 Å². The summed E-state index contributed by atoms with van der Waals surface area (Å²) in [5, 5.41) is 15.8. The molecule has 2 aromatic rings. The molecule has 1 saturated heterocycles. The number of anilines is 1. The highest BCUT2D eigenvalue weighted by molar-refractivity contribution is 5.74. The van der Waals surface area contributed by atoms with Crippen molar-refractivity contribution in [2.75, 3.05) is 24.5 Å². The molecule has 0 saturated carbocycles. The SMILES string of the molecule is O=C(NCC(O)c1ccccc1)NC1CCN(c2ccccn2)CC1. The van der Waals surface area contributed by atoms with Crippen molar-refractivity contribution >= 4 is 11.8 Å². The van der Waals surface area contributed by atoms with Gasteiger partial charge in [-0.05, 0) is 30.5 Å². The maximum Gasteiger partial charge on any atom is 0.315 e. The highest BCUT2D eigenvalue weighted by atomic mass is 16.3. The topological polar surface area (TPSA) is 77.5 Å². The molecular weight excluding hydrogens is 316 g/mol. The van der Waals surface area contributed by atoms with Gasteiger partial charge in [0, 0.05) is 31.9 Å². The van der Waals surface area contributed by atoms with Gasteiger partial charge in [-0.15, -0.1) is 0 Å². The van der Waals surface area contributed by atoms with Gasteiger partial charge in [0.15, 0.2) is 0 Å². The van der Waals surface area contributed by atoms with E-state index in [1.54, 1.807) is 6.20 Å². The number of aliphatic hydroxyl groups is 1. The van der Waals surface area contributed by atoms with Crippen LogP contribution >= 0.6 is 0 Å². The first kappa shape index (κ1) is 17.2. The summed E-state index contributed by atoms with van der Waals surface area (Å²) in [7, 11) is 0. The van der Waals surface area contributed by atoms with E-state index in [0.29, 0.717) is 0 Å². The van der Waals surface area contributed by atoms with E-state index >= 15 is 0 Å². The van der Waals surface area contributed by atoms with Gasteiger partial charge in [-0.1, -0.05) is 36.4 Å². The minimum absolute atomic E-state index is 0.147. The molecule has 1 fully saturated rings. The Morgan fingerprint density at radius 2 is 1.88 bits per heavy atom. The molecule has 3 N–H and O–H groups in total. The number of carbonyl (C=O) groups is 1. The molecule has 1 aromatic heterocycles. The lowest BCUT2D eigenvalue weighted by Gasteiger charge is -2.33. The Balaban J connectivity index is 1.39. The molecule has 1 aliphatic heterocycles. The van der Waals surface area contributed by atoms with E-state index in [-0.39, 0.29) is 18.6 Å². The van der Waals surface area contributed by atoms with Crippen LogP contribution in [0.25, 0.3) is 0 Å². The molecule has 1 aromatic carbocycles. The van der Waals surface area contributed by atoms with Crippen LogP contribution in [-0.4, -0.2) is 41.8 Å². The van der Waals surface area contributed by atoms with E-state index in [4.69, 9.17) is 0 Å². The molecule has 1 aliphatic rings. The van der Waals surface area contributed by atoms with Gasteiger partial charge in [0.2, 0.25) is 0 Å². The Bertz CT molecular complexity index is 658. The first-order chi connectivity index (χ1) is 12.2. The number of hydrogen-bond donors (Lipinski definition) is 3. The average Bonchev–Trinajstić information content (AvgIpc) is 2.68. The summed E-state index contributed by atoms with van der Waals surface area (Å²) in [6, 6.07) is 15.1. The summed E-state index contributed by atoms with van der Waals surface area (Å²) < 4.78 is 0. The number of rotatable bonds is 5. The molecule has 0 bridgehead atoms. The van der Waals surface area contributed by atoms with E-state index < -0.39 is 6.10 Å². The molecule has 0 spiro atoms. The Hall–Kier alpha value is -2.60. The van der Waals surface area contributed by atoms with E-state index in [1.807, 2.05) is 48.5 Å². The molecule has 25 heavy (non-hydrogen) atoms. The van der Waals surface area contributed by atoms with Gasteiger partial charge < -0.3 is 20.6 Å². The normalized spacial score (nSPS) is 16.3.